The molecule has 0 aliphatic carbocycles. The summed E-state index contributed by atoms with van der Waals surface area (Å²) in [6.45, 7) is 0.784. The predicted molar refractivity (Wildman–Crippen MR) is 85.1 cm³/mol. The Bertz CT molecular complexity index is 581. The van der Waals surface area contributed by atoms with Crippen LogP contribution in [-0.2, 0) is 14.3 Å². The van der Waals surface area contributed by atoms with Gasteiger partial charge in [0, 0.05) is 11.6 Å². The maximum atomic E-state index is 11.8. The van der Waals surface area contributed by atoms with E-state index in [1.807, 2.05) is 0 Å². The molecule has 1 aliphatic rings. The zero-order valence-electron chi connectivity index (χ0n) is 12.3. The van der Waals surface area contributed by atoms with Crippen molar-refractivity contribution in [2.45, 2.75) is 31.5 Å². The molecule has 0 radical (unpaired) electrons. The van der Waals surface area contributed by atoms with Crippen molar-refractivity contribution in [3.8, 4) is 5.75 Å². The van der Waals surface area contributed by atoms with Crippen molar-refractivity contribution in [3.05, 3.63) is 28.2 Å². The third kappa shape index (κ3) is 5.27. The number of amides is 1. The minimum atomic E-state index is -1.03. The molecule has 6 nitrogen and oxygen atoms in total. The molecule has 1 aromatic carbocycles. The van der Waals surface area contributed by atoms with E-state index in [-0.39, 0.29) is 5.91 Å². The molecule has 1 saturated heterocycles. The molecule has 1 heterocycles. The third-order valence-electron chi connectivity index (χ3n) is 3.36. The summed E-state index contributed by atoms with van der Waals surface area (Å²) >= 11 is 11.8. The molecule has 2 rings (SSSR count). The highest BCUT2D eigenvalue weighted by atomic mass is 35.5. The number of hydrogen-bond donors (Lipinski definition) is 2. The van der Waals surface area contributed by atoms with Gasteiger partial charge in [-0.05, 0) is 37.5 Å². The Morgan fingerprint density at radius 3 is 2.70 bits per heavy atom. The molecule has 0 unspecified atom stereocenters. The molecule has 2 N–H and O–H groups in total. The molecule has 126 valence electrons. The van der Waals surface area contributed by atoms with Crippen molar-refractivity contribution in [1.82, 2.24) is 5.32 Å². The molecule has 8 heteroatoms. The van der Waals surface area contributed by atoms with Gasteiger partial charge in [0.2, 0.25) is 5.91 Å². The SMILES string of the molecule is O=C(NCCCOc1ccc(Cl)cc1Cl)[C@@H]1CC[C@H](C(=O)O)O1. The molecule has 1 amide bonds. The fourth-order valence-corrected chi connectivity index (χ4v) is 2.65. The van der Waals surface area contributed by atoms with Gasteiger partial charge in [-0.25, -0.2) is 4.79 Å². The van der Waals surface area contributed by atoms with E-state index in [0.717, 1.165) is 0 Å². The highest BCUT2D eigenvalue weighted by molar-refractivity contribution is 6.35. The fourth-order valence-electron chi connectivity index (χ4n) is 2.18. The largest absolute Gasteiger partial charge is 0.492 e. The number of carbonyl (C=O) groups excluding carboxylic acids is 1. The summed E-state index contributed by atoms with van der Waals surface area (Å²) < 4.78 is 10.7. The zero-order valence-corrected chi connectivity index (χ0v) is 13.8. The first-order chi connectivity index (χ1) is 11.0. The Kier molecular flexibility index (Phi) is 6.50. The lowest BCUT2D eigenvalue weighted by atomic mass is 10.2. The van der Waals surface area contributed by atoms with Gasteiger partial charge in [-0.15, -0.1) is 0 Å². The summed E-state index contributed by atoms with van der Waals surface area (Å²) in [6.07, 6.45) is -0.228. The minimum Gasteiger partial charge on any atom is -0.492 e. The van der Waals surface area contributed by atoms with Crippen molar-refractivity contribution in [3.63, 3.8) is 0 Å². The quantitative estimate of drug-likeness (QED) is 0.728. The molecule has 1 aromatic rings. The summed E-state index contributed by atoms with van der Waals surface area (Å²) in [5.41, 5.74) is 0. The second-order valence-corrected chi connectivity index (χ2v) is 5.94. The molecule has 23 heavy (non-hydrogen) atoms. The van der Waals surface area contributed by atoms with Crippen LogP contribution in [-0.4, -0.2) is 42.3 Å². The molecule has 1 aliphatic heterocycles. The molecule has 0 saturated carbocycles. The van der Waals surface area contributed by atoms with E-state index in [9.17, 15) is 9.59 Å². The molecule has 1 fully saturated rings. The van der Waals surface area contributed by atoms with Crippen molar-refractivity contribution in [2.75, 3.05) is 13.2 Å². The van der Waals surface area contributed by atoms with Gasteiger partial charge < -0.3 is 19.9 Å². The van der Waals surface area contributed by atoms with E-state index in [0.29, 0.717) is 48.2 Å². The van der Waals surface area contributed by atoms with E-state index < -0.39 is 18.2 Å². The Morgan fingerprint density at radius 2 is 2.04 bits per heavy atom. The van der Waals surface area contributed by atoms with Crippen LogP contribution in [0.1, 0.15) is 19.3 Å². The standard InChI is InChI=1S/C15H17Cl2NO5/c16-9-2-3-11(10(17)8-9)22-7-1-6-18-14(19)12-4-5-13(23-12)15(20)21/h2-3,8,12-13H,1,4-7H2,(H,18,19)(H,20,21)/t12-,13+/m0/s1. The van der Waals surface area contributed by atoms with Crippen molar-refractivity contribution in [2.24, 2.45) is 0 Å². The lowest BCUT2D eigenvalue weighted by molar-refractivity contribution is -0.151. The van der Waals surface area contributed by atoms with Crippen LogP contribution in [0.15, 0.2) is 18.2 Å². The topological polar surface area (TPSA) is 84.9 Å². The van der Waals surface area contributed by atoms with Gasteiger partial charge in [0.15, 0.2) is 6.10 Å². The lowest BCUT2D eigenvalue weighted by Crippen LogP contribution is -2.36. The third-order valence-corrected chi connectivity index (χ3v) is 3.89. The number of nitrogens with one attached hydrogen (secondary N) is 1. The number of carboxylic acid groups (broad SMARTS) is 1. The molecule has 2 atom stereocenters. The number of carbonyl (C=O) groups is 2. The maximum Gasteiger partial charge on any atom is 0.332 e. The van der Waals surface area contributed by atoms with Gasteiger partial charge in [0.25, 0.3) is 0 Å². The summed E-state index contributed by atoms with van der Waals surface area (Å²) in [5, 5.41) is 12.5. The van der Waals surface area contributed by atoms with Gasteiger partial charge in [-0.2, -0.15) is 0 Å². The molecular formula is C15H17Cl2NO5. The van der Waals surface area contributed by atoms with E-state index >= 15 is 0 Å². The summed E-state index contributed by atoms with van der Waals surface area (Å²) in [6, 6.07) is 4.96. The van der Waals surface area contributed by atoms with E-state index in [4.69, 9.17) is 37.8 Å². The number of ether oxygens (including phenoxy) is 2. The van der Waals surface area contributed by atoms with E-state index in [1.54, 1.807) is 18.2 Å². The Labute approximate surface area is 143 Å². The summed E-state index contributed by atoms with van der Waals surface area (Å²) in [4.78, 5) is 22.6. The van der Waals surface area contributed by atoms with Crippen LogP contribution in [0.2, 0.25) is 10.0 Å². The van der Waals surface area contributed by atoms with Gasteiger partial charge in [0.1, 0.15) is 11.9 Å². The highest BCUT2D eigenvalue weighted by Crippen LogP contribution is 2.27. The normalized spacial score (nSPS) is 20.3. The lowest BCUT2D eigenvalue weighted by Gasteiger charge is -2.12. The monoisotopic (exact) mass is 361 g/mol. The van der Waals surface area contributed by atoms with Crippen LogP contribution < -0.4 is 10.1 Å². The first-order valence-corrected chi connectivity index (χ1v) is 7.97. The summed E-state index contributed by atoms with van der Waals surface area (Å²) in [5.74, 6) is -0.794. The van der Waals surface area contributed by atoms with Crippen LogP contribution in [0.3, 0.4) is 0 Å². The average molecular weight is 362 g/mol. The van der Waals surface area contributed by atoms with Crippen LogP contribution in [0, 0.1) is 0 Å². The van der Waals surface area contributed by atoms with Crippen molar-refractivity contribution in [1.29, 1.82) is 0 Å². The molecule has 0 aromatic heterocycles. The van der Waals surface area contributed by atoms with Crippen molar-refractivity contribution < 1.29 is 24.2 Å². The van der Waals surface area contributed by atoms with Gasteiger partial charge in [-0.3, -0.25) is 4.79 Å². The van der Waals surface area contributed by atoms with Crippen molar-refractivity contribution >= 4 is 35.1 Å². The minimum absolute atomic E-state index is 0.293. The fraction of sp³-hybridized carbons (Fsp3) is 0.467. The van der Waals surface area contributed by atoms with Gasteiger partial charge in [0.05, 0.1) is 11.6 Å². The average Bonchev–Trinajstić information content (AvgIpc) is 2.99. The predicted octanol–water partition coefficient (Wildman–Crippen LogP) is 2.51. The molecular weight excluding hydrogens is 345 g/mol. The number of carboxylic acids is 1. The number of benzene rings is 1. The molecule has 0 spiro atoms. The zero-order chi connectivity index (χ0) is 16.8. The van der Waals surface area contributed by atoms with E-state index in [2.05, 4.69) is 5.32 Å². The first-order valence-electron chi connectivity index (χ1n) is 7.21. The number of aliphatic carboxylic acids is 1. The van der Waals surface area contributed by atoms with Crippen LogP contribution >= 0.6 is 23.2 Å². The van der Waals surface area contributed by atoms with Gasteiger partial charge >= 0.3 is 5.97 Å². The second-order valence-electron chi connectivity index (χ2n) is 5.10. The van der Waals surface area contributed by atoms with E-state index in [1.165, 1.54) is 0 Å². The maximum absolute atomic E-state index is 11.8. The number of halogens is 2. The van der Waals surface area contributed by atoms with Crippen LogP contribution in [0.25, 0.3) is 0 Å². The Morgan fingerprint density at radius 1 is 1.30 bits per heavy atom. The Hall–Kier alpha value is -1.50. The summed E-state index contributed by atoms with van der Waals surface area (Å²) in [7, 11) is 0. The second kappa shape index (κ2) is 8.38. The first kappa shape index (κ1) is 17.8. The smallest absolute Gasteiger partial charge is 0.332 e. The number of hydrogen-bond acceptors (Lipinski definition) is 4. The number of rotatable bonds is 7. The molecule has 0 bridgehead atoms. The highest BCUT2D eigenvalue weighted by Gasteiger charge is 2.34. The van der Waals surface area contributed by atoms with Crippen LogP contribution in [0.5, 0.6) is 5.75 Å². The van der Waals surface area contributed by atoms with Crippen LogP contribution in [0.4, 0.5) is 0 Å². The Balaban J connectivity index is 1.64. The van der Waals surface area contributed by atoms with Gasteiger partial charge in [-0.1, -0.05) is 23.2 Å².